The highest BCUT2D eigenvalue weighted by Gasteiger charge is 2.36. The van der Waals surface area contributed by atoms with E-state index in [2.05, 4.69) is 5.32 Å². The normalized spacial score (nSPS) is 17.8. The summed E-state index contributed by atoms with van der Waals surface area (Å²) in [6, 6.07) is 8.49. The zero-order chi connectivity index (χ0) is 15.5. The van der Waals surface area contributed by atoms with Crippen molar-refractivity contribution in [3.05, 3.63) is 54.2 Å². The minimum atomic E-state index is -0.576. The number of nitrogens with zero attached hydrogens (tertiary/aromatic N) is 1. The first-order chi connectivity index (χ1) is 10.6. The Balaban J connectivity index is 1.72. The summed E-state index contributed by atoms with van der Waals surface area (Å²) in [6.07, 6.45) is 2.28. The van der Waals surface area contributed by atoms with Gasteiger partial charge in [-0.05, 0) is 42.8 Å². The molecular weight excluding hydrogens is 287 g/mol. The van der Waals surface area contributed by atoms with E-state index < -0.39 is 6.04 Å². The molecule has 0 radical (unpaired) electrons. The van der Waals surface area contributed by atoms with Crippen LogP contribution in [0.25, 0.3) is 0 Å². The minimum absolute atomic E-state index is 0.134. The molecule has 3 rings (SSSR count). The summed E-state index contributed by atoms with van der Waals surface area (Å²) in [7, 11) is 0. The molecule has 0 aliphatic carbocycles. The second-order valence-electron chi connectivity index (χ2n) is 5.09. The summed E-state index contributed by atoms with van der Waals surface area (Å²) in [6.45, 7) is 0.272. The molecule has 2 heterocycles. The van der Waals surface area contributed by atoms with Crippen LogP contribution in [0.1, 0.15) is 18.6 Å². The van der Waals surface area contributed by atoms with E-state index in [1.165, 1.54) is 35.4 Å². The fourth-order valence-electron chi connectivity index (χ4n) is 2.56. The fourth-order valence-corrected chi connectivity index (χ4v) is 2.56. The molecule has 0 spiro atoms. The molecule has 114 valence electrons. The van der Waals surface area contributed by atoms with Crippen molar-refractivity contribution in [1.29, 1.82) is 0 Å². The summed E-state index contributed by atoms with van der Waals surface area (Å²) in [5, 5.41) is 2.76. The molecule has 1 atom stereocenters. The molecule has 22 heavy (non-hydrogen) atoms. The SMILES string of the molecule is O=C(NCc1ccco1)C1CCC(=O)N1c1ccc(F)cc1. The largest absolute Gasteiger partial charge is 0.467 e. The average Bonchev–Trinajstić information content (AvgIpc) is 3.15. The molecule has 1 fully saturated rings. The van der Waals surface area contributed by atoms with Crippen molar-refractivity contribution >= 4 is 17.5 Å². The number of nitrogens with one attached hydrogen (secondary N) is 1. The van der Waals surface area contributed by atoms with Crippen molar-refractivity contribution < 1.29 is 18.4 Å². The van der Waals surface area contributed by atoms with Crippen LogP contribution in [0.4, 0.5) is 10.1 Å². The van der Waals surface area contributed by atoms with Crippen molar-refractivity contribution in [1.82, 2.24) is 5.32 Å². The third-order valence-electron chi connectivity index (χ3n) is 3.64. The van der Waals surface area contributed by atoms with Gasteiger partial charge in [0.1, 0.15) is 17.6 Å². The number of anilines is 1. The van der Waals surface area contributed by atoms with Gasteiger partial charge in [-0.1, -0.05) is 0 Å². The second-order valence-corrected chi connectivity index (χ2v) is 5.09. The van der Waals surface area contributed by atoms with E-state index >= 15 is 0 Å². The first-order valence-electron chi connectivity index (χ1n) is 7.03. The van der Waals surface area contributed by atoms with Crippen molar-refractivity contribution in [3.8, 4) is 0 Å². The molecule has 6 heteroatoms. The Hall–Kier alpha value is -2.63. The van der Waals surface area contributed by atoms with E-state index in [0.717, 1.165) is 0 Å². The van der Waals surface area contributed by atoms with Crippen LogP contribution in [-0.2, 0) is 16.1 Å². The van der Waals surface area contributed by atoms with Crippen LogP contribution in [0.5, 0.6) is 0 Å². The minimum Gasteiger partial charge on any atom is -0.467 e. The quantitative estimate of drug-likeness (QED) is 0.942. The molecule has 1 aliphatic heterocycles. The van der Waals surface area contributed by atoms with Gasteiger partial charge in [0, 0.05) is 12.1 Å². The van der Waals surface area contributed by atoms with Gasteiger partial charge in [0.25, 0.3) is 0 Å². The van der Waals surface area contributed by atoms with E-state index in [1.807, 2.05) is 0 Å². The average molecular weight is 302 g/mol. The lowest BCUT2D eigenvalue weighted by molar-refractivity contribution is -0.124. The van der Waals surface area contributed by atoms with E-state index in [1.54, 1.807) is 12.1 Å². The highest BCUT2D eigenvalue weighted by atomic mass is 19.1. The van der Waals surface area contributed by atoms with Crippen LogP contribution in [0.3, 0.4) is 0 Å². The zero-order valence-corrected chi connectivity index (χ0v) is 11.8. The van der Waals surface area contributed by atoms with Crippen molar-refractivity contribution in [2.45, 2.75) is 25.4 Å². The number of carbonyl (C=O) groups excluding carboxylic acids is 2. The molecule has 0 bridgehead atoms. The number of rotatable bonds is 4. The number of hydrogen-bond donors (Lipinski definition) is 1. The third-order valence-corrected chi connectivity index (χ3v) is 3.64. The molecule has 1 aromatic heterocycles. The Bertz CT molecular complexity index is 667. The molecule has 5 nitrogen and oxygen atoms in total. The number of hydrogen-bond acceptors (Lipinski definition) is 3. The molecule has 1 aliphatic rings. The molecule has 1 saturated heterocycles. The Kier molecular flexibility index (Phi) is 3.91. The van der Waals surface area contributed by atoms with Crippen LogP contribution >= 0.6 is 0 Å². The zero-order valence-electron chi connectivity index (χ0n) is 11.8. The van der Waals surface area contributed by atoms with E-state index in [0.29, 0.717) is 24.3 Å². The molecule has 2 aromatic rings. The van der Waals surface area contributed by atoms with Gasteiger partial charge in [-0.3, -0.25) is 14.5 Å². The van der Waals surface area contributed by atoms with Crippen molar-refractivity contribution in [2.24, 2.45) is 0 Å². The third kappa shape index (κ3) is 2.86. The predicted octanol–water partition coefficient (Wildman–Crippen LogP) is 2.23. The summed E-state index contributed by atoms with van der Waals surface area (Å²) in [5.41, 5.74) is 0.530. The Morgan fingerprint density at radius 3 is 2.77 bits per heavy atom. The van der Waals surface area contributed by atoms with Gasteiger partial charge in [0.05, 0.1) is 12.8 Å². The number of carbonyl (C=O) groups is 2. The second kappa shape index (κ2) is 6.01. The lowest BCUT2D eigenvalue weighted by Crippen LogP contribution is -2.44. The number of furan rings is 1. The van der Waals surface area contributed by atoms with E-state index in [9.17, 15) is 14.0 Å². The highest BCUT2D eigenvalue weighted by Crippen LogP contribution is 2.27. The van der Waals surface area contributed by atoms with Crippen LogP contribution < -0.4 is 10.2 Å². The number of amides is 2. The molecular formula is C16H15FN2O3. The van der Waals surface area contributed by atoms with Gasteiger partial charge < -0.3 is 9.73 Å². The molecule has 1 aromatic carbocycles. The van der Waals surface area contributed by atoms with Crippen molar-refractivity contribution in [2.75, 3.05) is 4.90 Å². The van der Waals surface area contributed by atoms with Gasteiger partial charge in [-0.15, -0.1) is 0 Å². The number of halogens is 1. The van der Waals surface area contributed by atoms with Gasteiger partial charge in [-0.2, -0.15) is 0 Å². The lowest BCUT2D eigenvalue weighted by Gasteiger charge is -2.24. The Labute approximate surface area is 126 Å². The van der Waals surface area contributed by atoms with Crippen LogP contribution in [-0.4, -0.2) is 17.9 Å². The predicted molar refractivity (Wildman–Crippen MR) is 77.5 cm³/mol. The number of benzene rings is 1. The summed E-state index contributed by atoms with van der Waals surface area (Å²) in [5.74, 6) is -0.114. The molecule has 2 amide bonds. The van der Waals surface area contributed by atoms with Gasteiger partial charge in [0.2, 0.25) is 11.8 Å². The standard InChI is InChI=1S/C16H15FN2O3/c17-11-3-5-12(6-4-11)19-14(7-8-15(19)20)16(21)18-10-13-2-1-9-22-13/h1-6,9,14H,7-8,10H2,(H,18,21). The maximum absolute atomic E-state index is 13.0. The van der Waals surface area contributed by atoms with Crippen LogP contribution in [0, 0.1) is 5.82 Å². The van der Waals surface area contributed by atoms with Gasteiger partial charge >= 0.3 is 0 Å². The lowest BCUT2D eigenvalue weighted by atomic mass is 10.2. The molecule has 0 saturated carbocycles. The van der Waals surface area contributed by atoms with Crippen LogP contribution in [0.15, 0.2) is 47.1 Å². The fraction of sp³-hybridized carbons (Fsp3) is 0.250. The highest BCUT2D eigenvalue weighted by molar-refractivity contribution is 6.03. The van der Waals surface area contributed by atoms with Crippen molar-refractivity contribution in [3.63, 3.8) is 0 Å². The topological polar surface area (TPSA) is 62.6 Å². The maximum Gasteiger partial charge on any atom is 0.243 e. The molecule has 1 unspecified atom stereocenters. The Morgan fingerprint density at radius 1 is 1.32 bits per heavy atom. The van der Waals surface area contributed by atoms with Gasteiger partial charge in [-0.25, -0.2) is 4.39 Å². The summed E-state index contributed by atoms with van der Waals surface area (Å²) < 4.78 is 18.2. The first kappa shape index (κ1) is 14.3. The van der Waals surface area contributed by atoms with Crippen LogP contribution in [0.2, 0.25) is 0 Å². The summed E-state index contributed by atoms with van der Waals surface area (Å²) in [4.78, 5) is 25.8. The summed E-state index contributed by atoms with van der Waals surface area (Å²) >= 11 is 0. The monoisotopic (exact) mass is 302 g/mol. The van der Waals surface area contributed by atoms with E-state index in [4.69, 9.17) is 4.42 Å². The smallest absolute Gasteiger partial charge is 0.243 e. The van der Waals surface area contributed by atoms with Gasteiger partial charge in [0.15, 0.2) is 0 Å². The van der Waals surface area contributed by atoms with E-state index in [-0.39, 0.29) is 24.2 Å². The molecule has 1 N–H and O–H groups in total. The maximum atomic E-state index is 13.0. The Morgan fingerprint density at radius 2 is 2.09 bits per heavy atom. The first-order valence-corrected chi connectivity index (χ1v) is 7.03.